The molecule has 1 heterocycles. The van der Waals surface area contributed by atoms with Crippen molar-refractivity contribution in [2.75, 3.05) is 53.5 Å². The zero-order chi connectivity index (χ0) is 23.6. The van der Waals surface area contributed by atoms with Crippen molar-refractivity contribution in [3.8, 4) is 0 Å². The Morgan fingerprint density at radius 1 is 1.21 bits per heavy atom. The fraction of sp³-hybridized carbons (Fsp3) is 0.667. The number of carbonyl (C=O) groups is 1. The van der Waals surface area contributed by atoms with Gasteiger partial charge in [0.05, 0.1) is 13.2 Å². The fourth-order valence-electron chi connectivity index (χ4n) is 3.50. The fourth-order valence-corrected chi connectivity index (χ4v) is 3.50. The molecule has 0 bridgehead atoms. The molecule has 0 aromatic heterocycles. The molecule has 2 N–H and O–H groups in total. The summed E-state index contributed by atoms with van der Waals surface area (Å²) in [6.07, 6.45) is -0.302. The molecular formula is C24H42IN5O3. The molecule has 0 saturated carbocycles. The van der Waals surface area contributed by atoms with E-state index in [4.69, 9.17) is 9.47 Å². The van der Waals surface area contributed by atoms with Crippen LogP contribution >= 0.6 is 24.0 Å². The molecule has 1 amide bonds. The minimum Gasteiger partial charge on any atom is -0.444 e. The Hall–Kier alpha value is -1.59. The number of rotatable bonds is 8. The van der Waals surface area contributed by atoms with E-state index in [1.54, 1.807) is 19.0 Å². The Morgan fingerprint density at radius 3 is 2.45 bits per heavy atom. The molecule has 0 radical (unpaired) electrons. The van der Waals surface area contributed by atoms with Gasteiger partial charge in [-0.1, -0.05) is 31.2 Å². The monoisotopic (exact) mass is 575 g/mol. The third kappa shape index (κ3) is 11.4. The Balaban J connectivity index is 0.00000544. The summed E-state index contributed by atoms with van der Waals surface area (Å²) in [7, 11) is 3.54. The quantitative estimate of drug-likeness (QED) is 0.282. The van der Waals surface area contributed by atoms with Crippen LogP contribution in [0.1, 0.15) is 38.8 Å². The van der Waals surface area contributed by atoms with Gasteiger partial charge in [0.2, 0.25) is 0 Å². The van der Waals surface area contributed by atoms with Gasteiger partial charge in [-0.2, -0.15) is 0 Å². The molecule has 1 saturated heterocycles. The molecule has 1 fully saturated rings. The van der Waals surface area contributed by atoms with Gasteiger partial charge in [-0.25, -0.2) is 4.79 Å². The van der Waals surface area contributed by atoms with E-state index in [2.05, 4.69) is 51.7 Å². The summed E-state index contributed by atoms with van der Waals surface area (Å²) in [6, 6.07) is 8.52. The zero-order valence-corrected chi connectivity index (χ0v) is 23.3. The number of benzene rings is 1. The summed E-state index contributed by atoms with van der Waals surface area (Å²) >= 11 is 0. The summed E-state index contributed by atoms with van der Waals surface area (Å²) in [6.45, 7) is 14.2. The van der Waals surface area contributed by atoms with E-state index < -0.39 is 5.60 Å². The summed E-state index contributed by atoms with van der Waals surface area (Å²) in [5.74, 6) is 0.984. The van der Waals surface area contributed by atoms with Crippen LogP contribution in [0.15, 0.2) is 29.3 Å². The molecule has 1 aromatic carbocycles. The van der Waals surface area contributed by atoms with Crippen LogP contribution in [0.5, 0.6) is 0 Å². The lowest BCUT2D eigenvalue weighted by atomic mass is 10.1. The van der Waals surface area contributed by atoms with E-state index in [0.29, 0.717) is 19.6 Å². The second kappa shape index (κ2) is 14.6. The van der Waals surface area contributed by atoms with Gasteiger partial charge in [0, 0.05) is 53.4 Å². The second-order valence-corrected chi connectivity index (χ2v) is 9.43. The summed E-state index contributed by atoms with van der Waals surface area (Å²) < 4.78 is 10.9. The molecule has 2 rings (SSSR count). The van der Waals surface area contributed by atoms with Crippen molar-refractivity contribution in [1.82, 2.24) is 20.4 Å². The topological polar surface area (TPSA) is 78.4 Å². The standard InChI is InChI=1S/C24H41N5O3.HI/c1-19(17-28(6)23(30)32-24(2,3)4)15-26-22(25-5)27-16-20-9-7-8-10-21(20)18-29-11-13-31-14-12-29;/h7-10,19H,11-18H2,1-6H3,(H2,25,26,27);1H. The van der Waals surface area contributed by atoms with Crippen LogP contribution in [-0.2, 0) is 22.6 Å². The number of aliphatic imine (C=N–C) groups is 1. The molecule has 1 aliphatic rings. The Morgan fingerprint density at radius 2 is 1.85 bits per heavy atom. The van der Waals surface area contributed by atoms with Crippen molar-refractivity contribution in [2.24, 2.45) is 10.9 Å². The van der Waals surface area contributed by atoms with Crippen molar-refractivity contribution in [3.05, 3.63) is 35.4 Å². The highest BCUT2D eigenvalue weighted by molar-refractivity contribution is 14.0. The van der Waals surface area contributed by atoms with E-state index in [1.807, 2.05) is 20.8 Å². The number of halogens is 1. The molecule has 188 valence electrons. The molecule has 33 heavy (non-hydrogen) atoms. The molecule has 8 nitrogen and oxygen atoms in total. The van der Waals surface area contributed by atoms with Crippen molar-refractivity contribution in [2.45, 2.75) is 46.4 Å². The first-order valence-corrected chi connectivity index (χ1v) is 11.4. The highest BCUT2D eigenvalue weighted by Gasteiger charge is 2.21. The second-order valence-electron chi connectivity index (χ2n) is 9.43. The third-order valence-corrected chi connectivity index (χ3v) is 5.19. The number of ether oxygens (including phenoxy) is 2. The average Bonchev–Trinajstić information content (AvgIpc) is 2.74. The SMILES string of the molecule is CN=C(NCc1ccccc1CN1CCOCC1)NCC(C)CN(C)C(=O)OC(C)(C)C.I. The van der Waals surface area contributed by atoms with Crippen LogP contribution in [0.4, 0.5) is 4.79 Å². The first kappa shape index (κ1) is 29.4. The Bertz CT molecular complexity index is 748. The maximum atomic E-state index is 12.2. The number of hydrogen-bond donors (Lipinski definition) is 2. The predicted molar refractivity (Wildman–Crippen MR) is 144 cm³/mol. The van der Waals surface area contributed by atoms with E-state index in [-0.39, 0.29) is 36.0 Å². The number of carbonyl (C=O) groups excluding carboxylic acids is 1. The molecule has 0 spiro atoms. The highest BCUT2D eigenvalue weighted by atomic mass is 127. The van der Waals surface area contributed by atoms with E-state index >= 15 is 0 Å². The van der Waals surface area contributed by atoms with Crippen molar-refractivity contribution in [3.63, 3.8) is 0 Å². The molecule has 1 atom stereocenters. The van der Waals surface area contributed by atoms with Gasteiger partial charge < -0.3 is 25.0 Å². The van der Waals surface area contributed by atoms with Crippen LogP contribution < -0.4 is 10.6 Å². The number of hydrogen-bond acceptors (Lipinski definition) is 5. The normalized spacial score (nSPS) is 15.9. The number of amides is 1. The van der Waals surface area contributed by atoms with E-state index in [1.165, 1.54) is 11.1 Å². The van der Waals surface area contributed by atoms with Gasteiger partial charge >= 0.3 is 6.09 Å². The van der Waals surface area contributed by atoms with Crippen LogP contribution in [0, 0.1) is 5.92 Å². The third-order valence-electron chi connectivity index (χ3n) is 5.19. The summed E-state index contributed by atoms with van der Waals surface area (Å²) in [5, 5.41) is 6.78. The lowest BCUT2D eigenvalue weighted by molar-refractivity contribution is 0.0278. The lowest BCUT2D eigenvalue weighted by Gasteiger charge is -2.27. The Labute approximate surface area is 216 Å². The van der Waals surface area contributed by atoms with Crippen LogP contribution in [0.3, 0.4) is 0 Å². The average molecular weight is 576 g/mol. The smallest absolute Gasteiger partial charge is 0.410 e. The molecule has 0 aliphatic carbocycles. The first-order valence-electron chi connectivity index (χ1n) is 11.4. The van der Waals surface area contributed by atoms with Crippen LogP contribution in [0.25, 0.3) is 0 Å². The number of nitrogens with one attached hydrogen (secondary N) is 2. The van der Waals surface area contributed by atoms with Crippen molar-refractivity contribution < 1.29 is 14.3 Å². The summed E-state index contributed by atoms with van der Waals surface area (Å²) in [4.78, 5) is 20.6. The summed E-state index contributed by atoms with van der Waals surface area (Å²) in [5.41, 5.74) is 2.10. The van der Waals surface area contributed by atoms with Crippen LogP contribution in [0.2, 0.25) is 0 Å². The molecule has 9 heteroatoms. The predicted octanol–water partition coefficient (Wildman–Crippen LogP) is 3.30. The lowest BCUT2D eigenvalue weighted by Crippen LogP contribution is -2.42. The maximum Gasteiger partial charge on any atom is 0.410 e. The highest BCUT2D eigenvalue weighted by Crippen LogP contribution is 2.13. The number of nitrogens with zero attached hydrogens (tertiary/aromatic N) is 3. The molecular weight excluding hydrogens is 533 g/mol. The molecule has 1 aliphatic heterocycles. The van der Waals surface area contributed by atoms with Gasteiger partial charge in [0.15, 0.2) is 5.96 Å². The zero-order valence-electron chi connectivity index (χ0n) is 21.0. The number of guanidine groups is 1. The van der Waals surface area contributed by atoms with E-state index in [0.717, 1.165) is 38.8 Å². The number of morpholine rings is 1. The van der Waals surface area contributed by atoms with Gasteiger partial charge in [0.1, 0.15) is 5.60 Å². The first-order chi connectivity index (χ1) is 15.2. The van der Waals surface area contributed by atoms with Gasteiger partial charge in [0.25, 0.3) is 0 Å². The molecule has 1 aromatic rings. The van der Waals surface area contributed by atoms with Gasteiger partial charge in [-0.3, -0.25) is 9.89 Å². The maximum absolute atomic E-state index is 12.2. The van der Waals surface area contributed by atoms with Crippen LogP contribution in [-0.4, -0.2) is 80.9 Å². The van der Waals surface area contributed by atoms with Crippen molar-refractivity contribution >= 4 is 36.0 Å². The van der Waals surface area contributed by atoms with Gasteiger partial charge in [-0.05, 0) is 37.8 Å². The van der Waals surface area contributed by atoms with Crippen molar-refractivity contribution in [1.29, 1.82) is 0 Å². The Kier molecular flexibility index (Phi) is 13.0. The minimum absolute atomic E-state index is 0. The molecule has 1 unspecified atom stereocenters. The minimum atomic E-state index is -0.489. The van der Waals surface area contributed by atoms with E-state index in [9.17, 15) is 4.79 Å². The van der Waals surface area contributed by atoms with Gasteiger partial charge in [-0.15, -0.1) is 24.0 Å². The largest absolute Gasteiger partial charge is 0.444 e.